The summed E-state index contributed by atoms with van der Waals surface area (Å²) in [5.74, 6) is -0.0814. The zero-order valence-corrected chi connectivity index (χ0v) is 9.39. The minimum absolute atomic E-state index is 0.0814. The minimum Gasteiger partial charge on any atom is -0.469 e. The van der Waals surface area contributed by atoms with Crippen molar-refractivity contribution in [3.8, 4) is 0 Å². The van der Waals surface area contributed by atoms with E-state index in [0.29, 0.717) is 6.42 Å². The smallest absolute Gasteiger partial charge is 0.305 e. The summed E-state index contributed by atoms with van der Waals surface area (Å²) in [4.78, 5) is 10.8. The van der Waals surface area contributed by atoms with Crippen LogP contribution in [0, 0.1) is 6.92 Å². The number of rotatable bonds is 9. The van der Waals surface area contributed by atoms with Crippen LogP contribution < -0.4 is 0 Å². The van der Waals surface area contributed by atoms with Gasteiger partial charge in [-0.1, -0.05) is 51.9 Å². The molecule has 0 aromatic carbocycles. The van der Waals surface area contributed by atoms with Crippen LogP contribution in [0.2, 0.25) is 0 Å². The summed E-state index contributed by atoms with van der Waals surface area (Å²) in [6.07, 6.45) is 10.2. The van der Waals surface area contributed by atoms with E-state index in [1.807, 2.05) is 0 Å². The lowest BCUT2D eigenvalue weighted by Gasteiger charge is -2.00. The van der Waals surface area contributed by atoms with Gasteiger partial charge in [-0.25, -0.2) is 0 Å². The Hall–Kier alpha value is -0.530. The fourth-order valence-electron chi connectivity index (χ4n) is 1.43. The summed E-state index contributed by atoms with van der Waals surface area (Å²) in [6.45, 7) is 3.81. The van der Waals surface area contributed by atoms with Crippen LogP contribution in [0.4, 0.5) is 0 Å². The summed E-state index contributed by atoms with van der Waals surface area (Å²) in [5, 5.41) is 0. The molecular weight excluding hydrogens is 176 g/mol. The second-order valence-corrected chi connectivity index (χ2v) is 3.65. The summed E-state index contributed by atoms with van der Waals surface area (Å²) in [7, 11) is 1.45. The average Bonchev–Trinajstić information content (AvgIpc) is 2.21. The van der Waals surface area contributed by atoms with Gasteiger partial charge in [-0.2, -0.15) is 0 Å². The van der Waals surface area contributed by atoms with E-state index in [2.05, 4.69) is 11.7 Å². The Labute approximate surface area is 88.0 Å². The molecule has 2 nitrogen and oxygen atoms in total. The molecule has 0 aromatic heterocycles. The van der Waals surface area contributed by atoms with Gasteiger partial charge >= 0.3 is 5.97 Å². The van der Waals surface area contributed by atoms with Gasteiger partial charge in [-0.15, -0.1) is 0 Å². The number of ether oxygens (including phenoxy) is 1. The van der Waals surface area contributed by atoms with Crippen molar-refractivity contribution in [3.05, 3.63) is 6.92 Å². The van der Waals surface area contributed by atoms with E-state index < -0.39 is 0 Å². The van der Waals surface area contributed by atoms with Crippen molar-refractivity contribution < 1.29 is 9.53 Å². The van der Waals surface area contributed by atoms with Gasteiger partial charge in [0.15, 0.2) is 0 Å². The largest absolute Gasteiger partial charge is 0.469 e. The first-order valence-corrected chi connectivity index (χ1v) is 5.67. The monoisotopic (exact) mass is 199 g/mol. The topological polar surface area (TPSA) is 26.3 Å². The molecule has 0 spiro atoms. The summed E-state index contributed by atoms with van der Waals surface area (Å²) < 4.78 is 4.56. The maximum absolute atomic E-state index is 10.8. The summed E-state index contributed by atoms with van der Waals surface area (Å²) >= 11 is 0. The molecule has 0 aliphatic rings. The van der Waals surface area contributed by atoms with E-state index in [9.17, 15) is 4.79 Å². The van der Waals surface area contributed by atoms with Crippen molar-refractivity contribution in [3.63, 3.8) is 0 Å². The molecule has 0 saturated heterocycles. The third-order valence-electron chi connectivity index (χ3n) is 2.36. The van der Waals surface area contributed by atoms with Crippen LogP contribution in [0.1, 0.15) is 57.8 Å². The first-order chi connectivity index (χ1) is 6.81. The molecule has 0 bridgehead atoms. The third kappa shape index (κ3) is 9.56. The standard InChI is InChI=1S/C12H23O2/c1-3-4-5-6-7-8-9-10-11-12(13)14-2/h1,3-11H2,2H3. The maximum atomic E-state index is 10.8. The molecule has 14 heavy (non-hydrogen) atoms. The molecule has 0 fully saturated rings. The molecule has 0 amide bonds. The van der Waals surface area contributed by atoms with Crippen LogP contribution in [-0.2, 0) is 9.53 Å². The number of hydrogen-bond acceptors (Lipinski definition) is 2. The highest BCUT2D eigenvalue weighted by molar-refractivity contribution is 5.68. The van der Waals surface area contributed by atoms with E-state index in [0.717, 1.165) is 19.3 Å². The Morgan fingerprint density at radius 1 is 1.00 bits per heavy atom. The van der Waals surface area contributed by atoms with Crippen molar-refractivity contribution in [1.82, 2.24) is 0 Å². The number of methoxy groups -OCH3 is 1. The number of carbonyl (C=O) groups excluding carboxylic acids is 1. The van der Waals surface area contributed by atoms with Gasteiger partial charge in [-0.05, 0) is 6.42 Å². The third-order valence-corrected chi connectivity index (χ3v) is 2.36. The lowest BCUT2D eigenvalue weighted by atomic mass is 10.1. The van der Waals surface area contributed by atoms with Crippen LogP contribution in [0.5, 0.6) is 0 Å². The van der Waals surface area contributed by atoms with E-state index in [4.69, 9.17) is 0 Å². The fourth-order valence-corrected chi connectivity index (χ4v) is 1.43. The highest BCUT2D eigenvalue weighted by atomic mass is 16.5. The van der Waals surface area contributed by atoms with Crippen molar-refractivity contribution in [2.75, 3.05) is 7.11 Å². The quantitative estimate of drug-likeness (QED) is 0.419. The van der Waals surface area contributed by atoms with Crippen LogP contribution in [0.3, 0.4) is 0 Å². The molecule has 0 N–H and O–H groups in total. The van der Waals surface area contributed by atoms with Crippen LogP contribution in [-0.4, -0.2) is 13.1 Å². The van der Waals surface area contributed by atoms with Gasteiger partial charge in [-0.3, -0.25) is 4.79 Å². The fraction of sp³-hybridized carbons (Fsp3) is 0.833. The average molecular weight is 199 g/mol. The number of esters is 1. The minimum atomic E-state index is -0.0814. The summed E-state index contributed by atoms with van der Waals surface area (Å²) in [6, 6.07) is 0. The van der Waals surface area contributed by atoms with E-state index in [1.165, 1.54) is 39.2 Å². The second-order valence-electron chi connectivity index (χ2n) is 3.65. The maximum Gasteiger partial charge on any atom is 0.305 e. The molecule has 0 aromatic rings. The Morgan fingerprint density at radius 2 is 1.50 bits per heavy atom. The van der Waals surface area contributed by atoms with Crippen molar-refractivity contribution in [2.45, 2.75) is 57.8 Å². The SMILES string of the molecule is [CH2]CCCCCCCCCC(=O)OC. The van der Waals surface area contributed by atoms with Gasteiger partial charge in [0.05, 0.1) is 7.11 Å². The molecule has 0 heterocycles. The highest BCUT2D eigenvalue weighted by Gasteiger charge is 1.98. The molecule has 2 heteroatoms. The Bertz CT molecular complexity index is 132. The van der Waals surface area contributed by atoms with Gasteiger partial charge < -0.3 is 4.74 Å². The van der Waals surface area contributed by atoms with Crippen LogP contribution in [0.25, 0.3) is 0 Å². The van der Waals surface area contributed by atoms with Gasteiger partial charge in [0, 0.05) is 6.42 Å². The molecule has 0 saturated carbocycles. The number of unbranched alkanes of at least 4 members (excludes halogenated alkanes) is 7. The normalized spacial score (nSPS) is 10.1. The highest BCUT2D eigenvalue weighted by Crippen LogP contribution is 2.09. The molecule has 1 radical (unpaired) electrons. The first kappa shape index (κ1) is 13.5. The lowest BCUT2D eigenvalue weighted by Crippen LogP contribution is -1.99. The predicted molar refractivity (Wildman–Crippen MR) is 58.9 cm³/mol. The van der Waals surface area contributed by atoms with Gasteiger partial charge in [0.2, 0.25) is 0 Å². The number of hydrogen-bond donors (Lipinski definition) is 0. The van der Waals surface area contributed by atoms with Crippen LogP contribution in [0.15, 0.2) is 0 Å². The number of carbonyl (C=O) groups is 1. The zero-order chi connectivity index (χ0) is 10.6. The molecule has 0 aliphatic carbocycles. The van der Waals surface area contributed by atoms with Crippen molar-refractivity contribution >= 4 is 5.97 Å². The molecular formula is C12H23O2. The molecule has 0 rings (SSSR count). The van der Waals surface area contributed by atoms with Gasteiger partial charge in [0.1, 0.15) is 0 Å². The van der Waals surface area contributed by atoms with Gasteiger partial charge in [0.25, 0.3) is 0 Å². The van der Waals surface area contributed by atoms with Crippen LogP contribution >= 0.6 is 0 Å². The van der Waals surface area contributed by atoms with E-state index in [-0.39, 0.29) is 5.97 Å². The molecule has 0 aliphatic heterocycles. The van der Waals surface area contributed by atoms with E-state index in [1.54, 1.807) is 0 Å². The molecule has 0 atom stereocenters. The Balaban J connectivity index is 2.95. The first-order valence-electron chi connectivity index (χ1n) is 5.67. The lowest BCUT2D eigenvalue weighted by molar-refractivity contribution is -0.140. The predicted octanol–water partition coefficient (Wildman–Crippen LogP) is 3.50. The summed E-state index contributed by atoms with van der Waals surface area (Å²) in [5.41, 5.74) is 0. The Kier molecular flexibility index (Phi) is 10.2. The Morgan fingerprint density at radius 3 is 2.00 bits per heavy atom. The molecule has 83 valence electrons. The van der Waals surface area contributed by atoms with Crippen molar-refractivity contribution in [2.24, 2.45) is 0 Å². The zero-order valence-electron chi connectivity index (χ0n) is 9.39. The molecule has 0 unspecified atom stereocenters. The van der Waals surface area contributed by atoms with Crippen molar-refractivity contribution in [1.29, 1.82) is 0 Å². The second kappa shape index (κ2) is 10.6. The van der Waals surface area contributed by atoms with E-state index >= 15 is 0 Å².